The summed E-state index contributed by atoms with van der Waals surface area (Å²) in [4.78, 5) is 0. The molecule has 1 saturated carbocycles. The summed E-state index contributed by atoms with van der Waals surface area (Å²) in [5.41, 5.74) is 1.51. The molecular weight excluding hydrogens is 211 g/mol. The second kappa shape index (κ2) is 3.39. The molecule has 2 nitrogen and oxygen atoms in total. The lowest BCUT2D eigenvalue weighted by atomic mass is 9.60. The van der Waals surface area contributed by atoms with Gasteiger partial charge in [-0.2, -0.15) is 0 Å². The third-order valence-corrected chi connectivity index (χ3v) is 4.94. The van der Waals surface area contributed by atoms with E-state index >= 15 is 0 Å². The van der Waals surface area contributed by atoms with E-state index in [0.29, 0.717) is 0 Å². The Bertz CT molecular complexity index is 360. The molecule has 3 aliphatic rings. The summed E-state index contributed by atoms with van der Waals surface area (Å²) in [7, 11) is -0.0946. The topological polar surface area (TPSA) is 18.5 Å². The average Bonchev–Trinajstić information content (AvgIpc) is 2.92. The predicted molar refractivity (Wildman–Crippen MR) is 69.7 cm³/mol. The van der Waals surface area contributed by atoms with Crippen LogP contribution in [0.1, 0.15) is 59.8 Å². The Hall–Kier alpha value is -0.275. The van der Waals surface area contributed by atoms with Crippen LogP contribution >= 0.6 is 0 Å². The fourth-order valence-corrected chi connectivity index (χ4v) is 3.34. The number of hydrogen-bond donors (Lipinski definition) is 0. The van der Waals surface area contributed by atoms with Gasteiger partial charge in [-0.1, -0.05) is 19.9 Å². The van der Waals surface area contributed by atoms with Crippen molar-refractivity contribution in [1.82, 2.24) is 0 Å². The third-order valence-electron chi connectivity index (χ3n) is 4.94. The lowest BCUT2D eigenvalue weighted by molar-refractivity contribution is 0.0546. The molecule has 3 rings (SSSR count). The highest BCUT2D eigenvalue weighted by molar-refractivity contribution is 6.55. The van der Waals surface area contributed by atoms with Gasteiger partial charge in [0.25, 0.3) is 0 Å². The third kappa shape index (κ3) is 1.70. The van der Waals surface area contributed by atoms with Crippen LogP contribution < -0.4 is 0 Å². The number of hydrogen-bond acceptors (Lipinski definition) is 2. The van der Waals surface area contributed by atoms with E-state index in [-0.39, 0.29) is 23.7 Å². The van der Waals surface area contributed by atoms with Crippen molar-refractivity contribution >= 4 is 7.12 Å². The molecule has 17 heavy (non-hydrogen) atoms. The Labute approximate surface area is 105 Å². The van der Waals surface area contributed by atoms with Crippen LogP contribution in [0.15, 0.2) is 11.5 Å². The summed E-state index contributed by atoms with van der Waals surface area (Å²) in [5, 5.41) is 0. The molecule has 1 heterocycles. The minimum absolute atomic E-state index is 0.0199. The molecule has 0 aromatic rings. The molecule has 2 aliphatic carbocycles. The maximum absolute atomic E-state index is 6.26. The molecule has 0 amide bonds. The van der Waals surface area contributed by atoms with Crippen LogP contribution in [0.4, 0.5) is 0 Å². The van der Waals surface area contributed by atoms with Gasteiger partial charge in [-0.25, -0.2) is 0 Å². The van der Waals surface area contributed by atoms with Crippen LogP contribution in [-0.2, 0) is 9.31 Å². The summed E-state index contributed by atoms with van der Waals surface area (Å²) in [6.07, 6.45) is 8.38. The van der Waals surface area contributed by atoms with Crippen molar-refractivity contribution in [3.63, 3.8) is 0 Å². The van der Waals surface area contributed by atoms with Gasteiger partial charge in [-0.15, -0.1) is 0 Å². The lowest BCUT2D eigenvalue weighted by Crippen LogP contribution is -2.35. The fraction of sp³-hybridized carbons (Fsp3) is 0.857. The zero-order valence-corrected chi connectivity index (χ0v) is 11.5. The van der Waals surface area contributed by atoms with Gasteiger partial charge in [0.15, 0.2) is 0 Å². The molecule has 0 unspecified atom stereocenters. The molecule has 1 aliphatic heterocycles. The highest BCUT2D eigenvalue weighted by Gasteiger charge is 2.65. The predicted octanol–water partition coefficient (Wildman–Crippen LogP) is 3.51. The first-order valence-electron chi connectivity index (χ1n) is 6.93. The molecule has 1 spiro atoms. The molecule has 0 aromatic heterocycles. The second-order valence-electron chi connectivity index (χ2n) is 7.01. The van der Waals surface area contributed by atoms with Gasteiger partial charge in [-0.3, -0.25) is 0 Å². The molecule has 94 valence electrons. The molecule has 0 bridgehead atoms. The second-order valence-corrected chi connectivity index (χ2v) is 7.01. The summed E-state index contributed by atoms with van der Waals surface area (Å²) in [5.74, 6) is 0. The van der Waals surface area contributed by atoms with E-state index in [0.717, 1.165) is 12.8 Å². The first kappa shape index (κ1) is 11.8. The van der Waals surface area contributed by atoms with Crippen LogP contribution in [0, 0.1) is 5.41 Å². The Morgan fingerprint density at radius 1 is 1.06 bits per heavy atom. The molecular formula is C14H23BO2. The summed E-state index contributed by atoms with van der Waals surface area (Å²) in [6, 6.07) is 0. The molecule has 2 fully saturated rings. The minimum atomic E-state index is -0.119. The van der Waals surface area contributed by atoms with Crippen molar-refractivity contribution < 1.29 is 9.31 Å². The van der Waals surface area contributed by atoms with Crippen LogP contribution in [0.2, 0.25) is 0 Å². The zero-order chi connectivity index (χ0) is 12.3. The quantitative estimate of drug-likeness (QED) is 0.646. The fourth-order valence-electron chi connectivity index (χ4n) is 3.34. The Balaban J connectivity index is 1.85. The largest absolute Gasteiger partial charge is 0.490 e. The maximum atomic E-state index is 6.26. The van der Waals surface area contributed by atoms with Gasteiger partial charge in [0, 0.05) is 0 Å². The molecule has 0 N–H and O–H groups in total. The summed E-state index contributed by atoms with van der Waals surface area (Å²) in [6.45, 7) is 8.98. The first-order chi connectivity index (χ1) is 7.86. The minimum Gasteiger partial charge on any atom is -0.400 e. The molecule has 3 heteroatoms. The van der Waals surface area contributed by atoms with Gasteiger partial charge in [0.1, 0.15) is 0 Å². The highest BCUT2D eigenvalue weighted by Crippen LogP contribution is 2.56. The first-order valence-corrected chi connectivity index (χ1v) is 6.93. The average molecular weight is 234 g/mol. The summed E-state index contributed by atoms with van der Waals surface area (Å²) < 4.78 is 12.5. The Kier molecular flexibility index (Phi) is 2.35. The summed E-state index contributed by atoms with van der Waals surface area (Å²) >= 11 is 0. The van der Waals surface area contributed by atoms with Crippen LogP contribution in [0.3, 0.4) is 0 Å². The van der Waals surface area contributed by atoms with E-state index in [4.69, 9.17) is 9.31 Å². The van der Waals surface area contributed by atoms with Crippen molar-refractivity contribution in [3.05, 3.63) is 11.5 Å². The molecule has 0 radical (unpaired) electrons. The molecule has 0 atom stereocenters. The van der Waals surface area contributed by atoms with E-state index < -0.39 is 0 Å². The van der Waals surface area contributed by atoms with Crippen molar-refractivity contribution in [1.29, 1.82) is 0 Å². The smallest absolute Gasteiger partial charge is 0.400 e. The normalized spacial score (nSPS) is 32.7. The van der Waals surface area contributed by atoms with Crippen molar-refractivity contribution in [2.24, 2.45) is 5.41 Å². The van der Waals surface area contributed by atoms with E-state index in [2.05, 4.69) is 33.8 Å². The molecule has 1 saturated heterocycles. The maximum Gasteiger partial charge on any atom is 0.490 e. The highest BCUT2D eigenvalue weighted by atomic mass is 16.7. The van der Waals surface area contributed by atoms with E-state index in [9.17, 15) is 0 Å². The monoisotopic (exact) mass is 234 g/mol. The Morgan fingerprint density at radius 2 is 1.76 bits per heavy atom. The van der Waals surface area contributed by atoms with Gasteiger partial charge in [-0.05, 0) is 56.8 Å². The van der Waals surface area contributed by atoms with Gasteiger partial charge in [0.05, 0.1) is 11.2 Å². The van der Waals surface area contributed by atoms with Crippen LogP contribution in [-0.4, -0.2) is 18.3 Å². The van der Waals surface area contributed by atoms with E-state index in [1.54, 1.807) is 0 Å². The SMILES string of the molecule is CC1(C)CCCC=C1B1OC(C)(C)C2(CC2)O1. The zero-order valence-electron chi connectivity index (χ0n) is 11.5. The van der Waals surface area contributed by atoms with E-state index in [1.807, 2.05) is 0 Å². The van der Waals surface area contributed by atoms with E-state index in [1.165, 1.54) is 24.7 Å². The van der Waals surface area contributed by atoms with Gasteiger partial charge < -0.3 is 9.31 Å². The van der Waals surface area contributed by atoms with Crippen molar-refractivity contribution in [3.8, 4) is 0 Å². The van der Waals surface area contributed by atoms with Crippen molar-refractivity contribution in [2.45, 2.75) is 71.0 Å². The van der Waals surface area contributed by atoms with Gasteiger partial charge in [0.2, 0.25) is 0 Å². The number of allylic oxidation sites excluding steroid dienone is 2. The van der Waals surface area contributed by atoms with Gasteiger partial charge >= 0.3 is 7.12 Å². The molecule has 0 aromatic carbocycles. The van der Waals surface area contributed by atoms with Crippen LogP contribution in [0.25, 0.3) is 0 Å². The lowest BCUT2D eigenvalue weighted by Gasteiger charge is -2.33. The van der Waals surface area contributed by atoms with Crippen LogP contribution in [0.5, 0.6) is 0 Å². The Morgan fingerprint density at radius 3 is 2.29 bits per heavy atom. The number of rotatable bonds is 1. The standard InChI is InChI=1S/C14H23BO2/c1-12(2)8-6-5-7-11(12)15-16-13(3,4)14(17-15)9-10-14/h7H,5-6,8-10H2,1-4H3. The van der Waals surface area contributed by atoms with Crippen molar-refractivity contribution in [2.75, 3.05) is 0 Å².